The molecular weight excluding hydrogens is 157 g/mol. The van der Waals surface area contributed by atoms with Crippen molar-refractivity contribution in [2.75, 3.05) is 0 Å². The summed E-state index contributed by atoms with van der Waals surface area (Å²) >= 11 is 0. The zero-order valence-corrected chi connectivity index (χ0v) is 6.91. The first-order valence-electron chi connectivity index (χ1n) is 4.43. The van der Waals surface area contributed by atoms with E-state index in [0.29, 0.717) is 6.04 Å². The van der Waals surface area contributed by atoms with Crippen molar-refractivity contribution in [3.63, 3.8) is 0 Å². The summed E-state index contributed by atoms with van der Waals surface area (Å²) in [6.45, 7) is 0. The van der Waals surface area contributed by atoms with Crippen molar-refractivity contribution >= 4 is 0 Å². The molecule has 0 N–H and O–H groups in total. The van der Waals surface area contributed by atoms with Gasteiger partial charge in [-0.2, -0.15) is 9.37 Å². The Morgan fingerprint density at radius 1 is 1.33 bits per heavy atom. The topological polar surface area (TPSA) is 30.7 Å². The zero-order chi connectivity index (χ0) is 8.39. The Kier molecular flexibility index (Phi) is 2.06. The average molecular weight is 169 g/mol. The zero-order valence-electron chi connectivity index (χ0n) is 6.91. The molecule has 12 heavy (non-hydrogen) atoms. The third kappa shape index (κ3) is 1.47. The Hall–Kier alpha value is -0.930. The molecule has 1 aromatic rings. The highest BCUT2D eigenvalue weighted by molar-refractivity contribution is 4.73. The summed E-state index contributed by atoms with van der Waals surface area (Å²) in [4.78, 5) is 3.48. The molecule has 0 aliphatic heterocycles. The largest absolute Gasteiger partial charge is 0.327 e. The smallest absolute Gasteiger partial charge is 0.247 e. The minimum Gasteiger partial charge on any atom is -0.247 e. The second-order valence-corrected chi connectivity index (χ2v) is 3.29. The lowest BCUT2D eigenvalue weighted by Crippen LogP contribution is -2.13. The van der Waals surface area contributed by atoms with Gasteiger partial charge in [-0.1, -0.05) is 19.3 Å². The van der Waals surface area contributed by atoms with Crippen LogP contribution in [0.4, 0.5) is 4.39 Å². The van der Waals surface area contributed by atoms with Crippen LogP contribution in [0.5, 0.6) is 0 Å². The number of hydrogen-bond acceptors (Lipinski definition) is 2. The van der Waals surface area contributed by atoms with Crippen molar-refractivity contribution in [3.8, 4) is 0 Å². The maximum Gasteiger partial charge on any atom is 0.327 e. The van der Waals surface area contributed by atoms with Crippen molar-refractivity contribution in [3.05, 3.63) is 12.4 Å². The number of nitrogens with zero attached hydrogens (tertiary/aromatic N) is 3. The fourth-order valence-corrected chi connectivity index (χ4v) is 1.78. The van der Waals surface area contributed by atoms with Gasteiger partial charge in [-0.25, -0.2) is 4.68 Å². The van der Waals surface area contributed by atoms with Gasteiger partial charge < -0.3 is 0 Å². The lowest BCUT2D eigenvalue weighted by Gasteiger charge is -2.20. The monoisotopic (exact) mass is 169 g/mol. The Morgan fingerprint density at radius 3 is 2.67 bits per heavy atom. The van der Waals surface area contributed by atoms with Crippen molar-refractivity contribution in [1.82, 2.24) is 14.8 Å². The van der Waals surface area contributed by atoms with Crippen LogP contribution >= 0.6 is 0 Å². The molecule has 66 valence electrons. The molecule has 0 unspecified atom stereocenters. The quantitative estimate of drug-likeness (QED) is 0.643. The SMILES string of the molecule is Fc1ncn(C2CCCCC2)n1. The molecule has 1 fully saturated rings. The van der Waals surface area contributed by atoms with Crippen LogP contribution in [0, 0.1) is 6.08 Å². The third-order valence-corrected chi connectivity index (χ3v) is 2.43. The fraction of sp³-hybridized carbons (Fsp3) is 0.750. The Labute approximate surface area is 70.6 Å². The van der Waals surface area contributed by atoms with Gasteiger partial charge >= 0.3 is 6.08 Å². The predicted molar refractivity (Wildman–Crippen MR) is 42.1 cm³/mol. The van der Waals surface area contributed by atoms with Gasteiger partial charge in [-0.15, -0.1) is 5.10 Å². The second-order valence-electron chi connectivity index (χ2n) is 3.29. The number of rotatable bonds is 1. The van der Waals surface area contributed by atoms with Crippen molar-refractivity contribution in [2.24, 2.45) is 0 Å². The van der Waals surface area contributed by atoms with Crippen LogP contribution < -0.4 is 0 Å². The highest BCUT2D eigenvalue weighted by atomic mass is 19.1. The molecule has 3 nitrogen and oxygen atoms in total. The van der Waals surface area contributed by atoms with E-state index in [1.807, 2.05) is 0 Å². The lowest BCUT2D eigenvalue weighted by atomic mass is 9.96. The van der Waals surface area contributed by atoms with Crippen LogP contribution in [-0.2, 0) is 0 Å². The highest BCUT2D eigenvalue weighted by Gasteiger charge is 2.16. The van der Waals surface area contributed by atoms with E-state index in [2.05, 4.69) is 10.1 Å². The molecule has 0 aromatic carbocycles. The summed E-state index contributed by atoms with van der Waals surface area (Å²) in [5, 5.41) is 3.67. The Bertz CT molecular complexity index is 253. The molecule has 0 amide bonds. The van der Waals surface area contributed by atoms with E-state index in [-0.39, 0.29) is 0 Å². The first-order valence-corrected chi connectivity index (χ1v) is 4.43. The molecule has 0 radical (unpaired) electrons. The molecule has 4 heteroatoms. The van der Waals surface area contributed by atoms with Gasteiger partial charge in [0.25, 0.3) is 0 Å². The third-order valence-electron chi connectivity index (χ3n) is 2.43. The maximum absolute atomic E-state index is 12.4. The normalized spacial score (nSPS) is 19.8. The van der Waals surface area contributed by atoms with E-state index in [4.69, 9.17) is 0 Å². The van der Waals surface area contributed by atoms with E-state index < -0.39 is 6.08 Å². The summed E-state index contributed by atoms with van der Waals surface area (Å²) in [5.74, 6) is 0. The molecule has 1 heterocycles. The standard InChI is InChI=1S/C8H12FN3/c9-8-10-6-12(11-8)7-4-2-1-3-5-7/h6-7H,1-5H2. The number of aromatic nitrogens is 3. The summed E-state index contributed by atoms with van der Waals surface area (Å²) in [6.07, 6.45) is 6.86. The summed E-state index contributed by atoms with van der Waals surface area (Å²) in [7, 11) is 0. The van der Waals surface area contributed by atoms with Gasteiger partial charge in [0.1, 0.15) is 6.33 Å². The van der Waals surface area contributed by atoms with E-state index in [0.717, 1.165) is 12.8 Å². The van der Waals surface area contributed by atoms with E-state index >= 15 is 0 Å². The summed E-state index contributed by atoms with van der Waals surface area (Å²) < 4.78 is 14.1. The fourth-order valence-electron chi connectivity index (χ4n) is 1.78. The molecule has 2 rings (SSSR count). The van der Waals surface area contributed by atoms with Crippen LogP contribution in [0.15, 0.2) is 6.33 Å². The van der Waals surface area contributed by atoms with Gasteiger partial charge in [-0.3, -0.25) is 0 Å². The van der Waals surface area contributed by atoms with E-state index in [1.54, 1.807) is 4.68 Å². The molecule has 0 bridgehead atoms. The predicted octanol–water partition coefficient (Wildman–Crippen LogP) is 1.92. The average Bonchev–Trinajstić information content (AvgIpc) is 2.54. The van der Waals surface area contributed by atoms with Gasteiger partial charge in [0.15, 0.2) is 0 Å². The van der Waals surface area contributed by atoms with Gasteiger partial charge in [0.05, 0.1) is 6.04 Å². The van der Waals surface area contributed by atoms with Crippen molar-refractivity contribution in [2.45, 2.75) is 38.1 Å². The first kappa shape index (κ1) is 7.71. The van der Waals surface area contributed by atoms with Crippen LogP contribution in [0.1, 0.15) is 38.1 Å². The van der Waals surface area contributed by atoms with Gasteiger partial charge in [0, 0.05) is 0 Å². The Morgan fingerprint density at radius 2 is 2.08 bits per heavy atom. The molecular formula is C8H12FN3. The molecule has 0 atom stereocenters. The van der Waals surface area contributed by atoms with Crippen LogP contribution in [0.3, 0.4) is 0 Å². The minimum absolute atomic E-state index is 0.385. The molecule has 0 spiro atoms. The molecule has 0 saturated heterocycles. The molecule has 1 aromatic heterocycles. The first-order chi connectivity index (χ1) is 5.86. The molecule has 1 saturated carbocycles. The van der Waals surface area contributed by atoms with Crippen LogP contribution in [-0.4, -0.2) is 14.8 Å². The van der Waals surface area contributed by atoms with Crippen LogP contribution in [0.2, 0.25) is 0 Å². The Balaban J connectivity index is 2.08. The highest BCUT2D eigenvalue weighted by Crippen LogP contribution is 2.26. The van der Waals surface area contributed by atoms with Crippen molar-refractivity contribution < 1.29 is 4.39 Å². The van der Waals surface area contributed by atoms with Crippen LogP contribution in [0.25, 0.3) is 0 Å². The lowest BCUT2D eigenvalue weighted by molar-refractivity contribution is 0.322. The number of halogens is 1. The van der Waals surface area contributed by atoms with Gasteiger partial charge in [0.2, 0.25) is 0 Å². The molecule has 1 aliphatic carbocycles. The van der Waals surface area contributed by atoms with E-state index in [1.165, 1.54) is 25.6 Å². The number of hydrogen-bond donors (Lipinski definition) is 0. The van der Waals surface area contributed by atoms with Crippen molar-refractivity contribution in [1.29, 1.82) is 0 Å². The van der Waals surface area contributed by atoms with E-state index in [9.17, 15) is 4.39 Å². The second kappa shape index (κ2) is 3.21. The summed E-state index contributed by atoms with van der Waals surface area (Å²) in [6, 6.07) is 0.385. The van der Waals surface area contributed by atoms with Gasteiger partial charge in [-0.05, 0) is 12.8 Å². The summed E-state index contributed by atoms with van der Waals surface area (Å²) in [5.41, 5.74) is 0. The minimum atomic E-state index is -0.611. The molecule has 1 aliphatic rings. The maximum atomic E-state index is 12.4.